The lowest BCUT2D eigenvalue weighted by molar-refractivity contribution is 0.293. The second-order valence-corrected chi connectivity index (χ2v) is 6.14. The summed E-state index contributed by atoms with van der Waals surface area (Å²) in [6.07, 6.45) is 0. The molecule has 0 radical (unpaired) electrons. The number of halogens is 2. The largest absolute Gasteiger partial charge is 0.497 e. The van der Waals surface area contributed by atoms with E-state index in [9.17, 15) is 0 Å². The first kappa shape index (κ1) is 16.8. The van der Waals surface area contributed by atoms with Crippen LogP contribution in [0.5, 0.6) is 11.5 Å². The van der Waals surface area contributed by atoms with Gasteiger partial charge in [-0.1, -0.05) is 29.3 Å². The summed E-state index contributed by atoms with van der Waals surface area (Å²) in [4.78, 5) is 0. The molecule has 0 aliphatic carbocycles. The highest BCUT2D eigenvalue weighted by molar-refractivity contribution is 7.71. The van der Waals surface area contributed by atoms with E-state index < -0.39 is 0 Å². The van der Waals surface area contributed by atoms with E-state index in [0.29, 0.717) is 26.4 Å². The molecular formula is C16H13Cl2N3O2S. The van der Waals surface area contributed by atoms with Crippen LogP contribution < -0.4 is 9.47 Å². The zero-order chi connectivity index (χ0) is 17.1. The van der Waals surface area contributed by atoms with Crippen molar-refractivity contribution in [2.75, 3.05) is 7.11 Å². The van der Waals surface area contributed by atoms with Crippen LogP contribution in [-0.2, 0) is 6.61 Å². The van der Waals surface area contributed by atoms with E-state index in [1.165, 1.54) is 0 Å². The monoisotopic (exact) mass is 381 g/mol. The van der Waals surface area contributed by atoms with Gasteiger partial charge in [0.2, 0.25) is 0 Å². The number of nitrogens with zero attached hydrogens (tertiary/aromatic N) is 2. The van der Waals surface area contributed by atoms with Gasteiger partial charge in [0.25, 0.3) is 0 Å². The van der Waals surface area contributed by atoms with E-state index in [-0.39, 0.29) is 6.61 Å². The summed E-state index contributed by atoms with van der Waals surface area (Å²) in [6.45, 7) is 0.195. The normalized spacial score (nSPS) is 10.6. The third-order valence-electron chi connectivity index (χ3n) is 3.26. The molecule has 0 aliphatic heterocycles. The summed E-state index contributed by atoms with van der Waals surface area (Å²) in [7, 11) is 1.61. The SMILES string of the molecule is COc1cccc(-n2c(COc3cc(Cl)cc(Cl)c3)n[nH]c2=S)c1. The van der Waals surface area contributed by atoms with Crippen molar-refractivity contribution in [1.82, 2.24) is 14.8 Å². The number of aromatic nitrogens is 3. The fourth-order valence-electron chi connectivity index (χ4n) is 2.20. The van der Waals surface area contributed by atoms with Gasteiger partial charge in [0.15, 0.2) is 10.6 Å². The summed E-state index contributed by atoms with van der Waals surface area (Å²) in [5.74, 6) is 1.90. The average Bonchev–Trinajstić information content (AvgIpc) is 2.93. The van der Waals surface area contributed by atoms with Gasteiger partial charge >= 0.3 is 0 Å². The van der Waals surface area contributed by atoms with Crippen molar-refractivity contribution in [2.45, 2.75) is 6.61 Å². The number of hydrogen-bond donors (Lipinski definition) is 1. The number of hydrogen-bond acceptors (Lipinski definition) is 4. The van der Waals surface area contributed by atoms with Crippen LogP contribution in [0.2, 0.25) is 10.0 Å². The average molecular weight is 382 g/mol. The molecule has 0 spiro atoms. The Labute approximate surface area is 153 Å². The number of methoxy groups -OCH3 is 1. The van der Waals surface area contributed by atoms with Gasteiger partial charge in [0.05, 0.1) is 12.8 Å². The van der Waals surface area contributed by atoms with Crippen LogP contribution in [-0.4, -0.2) is 21.9 Å². The maximum absolute atomic E-state index is 5.97. The van der Waals surface area contributed by atoms with Crippen LogP contribution in [0.25, 0.3) is 5.69 Å². The Morgan fingerprint density at radius 1 is 1.12 bits per heavy atom. The molecule has 24 heavy (non-hydrogen) atoms. The lowest BCUT2D eigenvalue weighted by atomic mass is 10.3. The molecule has 0 unspecified atom stereocenters. The van der Waals surface area contributed by atoms with Crippen molar-refractivity contribution in [2.24, 2.45) is 0 Å². The van der Waals surface area contributed by atoms with Gasteiger partial charge in [-0.25, -0.2) is 0 Å². The highest BCUT2D eigenvalue weighted by Crippen LogP contribution is 2.25. The van der Waals surface area contributed by atoms with Crippen molar-refractivity contribution in [1.29, 1.82) is 0 Å². The summed E-state index contributed by atoms with van der Waals surface area (Å²) in [6, 6.07) is 12.5. The smallest absolute Gasteiger partial charge is 0.199 e. The molecule has 0 aliphatic rings. The van der Waals surface area contributed by atoms with E-state index in [4.69, 9.17) is 44.9 Å². The predicted octanol–water partition coefficient (Wildman–Crippen LogP) is 4.82. The van der Waals surface area contributed by atoms with Gasteiger partial charge in [-0.2, -0.15) is 5.10 Å². The standard InChI is InChI=1S/C16H13Cl2N3O2S/c1-22-13-4-2-3-12(8-13)21-15(19-20-16(21)24)9-23-14-6-10(17)5-11(18)7-14/h2-8H,9H2,1H3,(H,20,24). The molecule has 0 atom stereocenters. The molecule has 8 heteroatoms. The minimum absolute atomic E-state index is 0.195. The van der Waals surface area contributed by atoms with Crippen LogP contribution in [0.3, 0.4) is 0 Å². The zero-order valence-corrected chi connectivity index (χ0v) is 15.0. The van der Waals surface area contributed by atoms with Crippen molar-refractivity contribution in [3.8, 4) is 17.2 Å². The van der Waals surface area contributed by atoms with Crippen LogP contribution in [0.15, 0.2) is 42.5 Å². The van der Waals surface area contributed by atoms with Gasteiger partial charge in [0, 0.05) is 16.1 Å². The van der Waals surface area contributed by atoms with E-state index in [1.54, 1.807) is 29.9 Å². The molecule has 1 heterocycles. The Morgan fingerprint density at radius 2 is 1.88 bits per heavy atom. The van der Waals surface area contributed by atoms with E-state index in [1.807, 2.05) is 24.3 Å². The van der Waals surface area contributed by atoms with Crippen LogP contribution in [0, 0.1) is 4.77 Å². The first-order valence-corrected chi connectivity index (χ1v) is 8.13. The number of aromatic amines is 1. The molecule has 3 aromatic rings. The molecule has 0 bridgehead atoms. The lowest BCUT2D eigenvalue weighted by Gasteiger charge is -2.10. The van der Waals surface area contributed by atoms with Gasteiger partial charge in [-0.15, -0.1) is 0 Å². The highest BCUT2D eigenvalue weighted by atomic mass is 35.5. The molecule has 0 saturated carbocycles. The van der Waals surface area contributed by atoms with Crippen molar-refractivity contribution in [3.05, 3.63) is 63.1 Å². The van der Waals surface area contributed by atoms with Crippen LogP contribution >= 0.6 is 35.4 Å². The van der Waals surface area contributed by atoms with Crippen LogP contribution in [0.1, 0.15) is 5.82 Å². The van der Waals surface area contributed by atoms with Gasteiger partial charge in [-0.05, 0) is 42.5 Å². The Balaban J connectivity index is 1.88. The summed E-state index contributed by atoms with van der Waals surface area (Å²) >= 11 is 17.3. The zero-order valence-electron chi connectivity index (χ0n) is 12.6. The summed E-state index contributed by atoms with van der Waals surface area (Å²) in [5.41, 5.74) is 0.829. The molecule has 0 fully saturated rings. The Kier molecular flexibility index (Phi) is 5.08. The number of benzene rings is 2. The molecule has 0 amide bonds. The third-order valence-corrected chi connectivity index (χ3v) is 3.97. The number of nitrogens with one attached hydrogen (secondary N) is 1. The van der Waals surface area contributed by atoms with Gasteiger partial charge < -0.3 is 9.47 Å². The second-order valence-electron chi connectivity index (χ2n) is 4.88. The fourth-order valence-corrected chi connectivity index (χ4v) is 2.96. The Hall–Kier alpha value is -2.02. The molecular weight excluding hydrogens is 369 g/mol. The van der Waals surface area contributed by atoms with Crippen LogP contribution in [0.4, 0.5) is 0 Å². The minimum atomic E-state index is 0.195. The fraction of sp³-hybridized carbons (Fsp3) is 0.125. The van der Waals surface area contributed by atoms with E-state index >= 15 is 0 Å². The van der Waals surface area contributed by atoms with Crippen molar-refractivity contribution in [3.63, 3.8) is 0 Å². The molecule has 1 aromatic heterocycles. The maximum atomic E-state index is 5.97. The Morgan fingerprint density at radius 3 is 2.58 bits per heavy atom. The molecule has 3 rings (SSSR count). The minimum Gasteiger partial charge on any atom is -0.497 e. The first-order valence-electron chi connectivity index (χ1n) is 6.96. The topological polar surface area (TPSA) is 52.1 Å². The first-order chi connectivity index (χ1) is 11.6. The van der Waals surface area contributed by atoms with Crippen molar-refractivity contribution >= 4 is 35.4 Å². The number of rotatable bonds is 5. The second kappa shape index (κ2) is 7.25. The summed E-state index contributed by atoms with van der Waals surface area (Å²) in [5, 5.41) is 8.00. The highest BCUT2D eigenvalue weighted by Gasteiger charge is 2.10. The summed E-state index contributed by atoms with van der Waals surface area (Å²) < 4.78 is 13.2. The van der Waals surface area contributed by atoms with Gasteiger partial charge in [-0.3, -0.25) is 9.67 Å². The molecule has 1 N–H and O–H groups in total. The molecule has 124 valence electrons. The molecule has 0 saturated heterocycles. The number of H-pyrrole nitrogens is 1. The number of ether oxygens (including phenoxy) is 2. The van der Waals surface area contributed by atoms with Gasteiger partial charge in [0.1, 0.15) is 18.1 Å². The third kappa shape index (κ3) is 3.72. The molecule has 5 nitrogen and oxygen atoms in total. The lowest BCUT2D eigenvalue weighted by Crippen LogP contribution is -2.06. The quantitative estimate of drug-likeness (QED) is 0.643. The molecule has 2 aromatic carbocycles. The van der Waals surface area contributed by atoms with E-state index in [2.05, 4.69) is 10.2 Å². The predicted molar refractivity (Wildman–Crippen MR) is 96.1 cm³/mol. The Bertz CT molecular complexity index is 903. The van der Waals surface area contributed by atoms with E-state index in [0.717, 1.165) is 11.4 Å². The maximum Gasteiger partial charge on any atom is 0.199 e. The van der Waals surface area contributed by atoms with Crippen molar-refractivity contribution < 1.29 is 9.47 Å².